The SMILES string of the molecule is CC(C)(C)C1C(NCCN)CCCN1C(=O)O. The van der Waals surface area contributed by atoms with Gasteiger partial charge in [0.2, 0.25) is 0 Å². The van der Waals surface area contributed by atoms with E-state index in [4.69, 9.17) is 5.73 Å². The minimum atomic E-state index is -0.816. The van der Waals surface area contributed by atoms with Crippen molar-refractivity contribution in [2.45, 2.75) is 45.7 Å². The van der Waals surface area contributed by atoms with Gasteiger partial charge in [0.15, 0.2) is 0 Å². The number of likely N-dealkylation sites (tertiary alicyclic amines) is 1. The fourth-order valence-corrected chi connectivity index (χ4v) is 2.76. The molecule has 1 amide bonds. The highest BCUT2D eigenvalue weighted by Crippen LogP contribution is 2.32. The van der Waals surface area contributed by atoms with Crippen LogP contribution in [0.5, 0.6) is 0 Å². The number of hydrogen-bond donors (Lipinski definition) is 3. The first-order valence-corrected chi connectivity index (χ1v) is 6.31. The van der Waals surface area contributed by atoms with Crippen LogP contribution in [0.2, 0.25) is 0 Å². The molecule has 0 saturated carbocycles. The van der Waals surface area contributed by atoms with E-state index in [1.54, 1.807) is 4.90 Å². The van der Waals surface area contributed by atoms with E-state index >= 15 is 0 Å². The summed E-state index contributed by atoms with van der Waals surface area (Å²) in [5.74, 6) is 0. The van der Waals surface area contributed by atoms with Gasteiger partial charge in [0.05, 0.1) is 6.04 Å². The number of carboxylic acid groups (broad SMARTS) is 1. The smallest absolute Gasteiger partial charge is 0.407 e. The van der Waals surface area contributed by atoms with Crippen LogP contribution < -0.4 is 11.1 Å². The van der Waals surface area contributed by atoms with Gasteiger partial charge in [-0.2, -0.15) is 0 Å². The van der Waals surface area contributed by atoms with E-state index in [0.29, 0.717) is 13.1 Å². The third-order valence-corrected chi connectivity index (χ3v) is 3.31. The lowest BCUT2D eigenvalue weighted by Crippen LogP contribution is -2.61. The Morgan fingerprint density at radius 1 is 1.53 bits per heavy atom. The van der Waals surface area contributed by atoms with Gasteiger partial charge in [0.25, 0.3) is 0 Å². The molecule has 0 spiro atoms. The molecule has 0 bridgehead atoms. The van der Waals surface area contributed by atoms with E-state index in [9.17, 15) is 9.90 Å². The fourth-order valence-electron chi connectivity index (χ4n) is 2.76. The maximum Gasteiger partial charge on any atom is 0.407 e. The molecule has 5 nitrogen and oxygen atoms in total. The molecular formula is C12H25N3O2. The molecular weight excluding hydrogens is 218 g/mol. The number of nitrogens with zero attached hydrogens (tertiary/aromatic N) is 1. The Bertz CT molecular complexity index is 263. The molecule has 2 unspecified atom stereocenters. The molecule has 0 radical (unpaired) electrons. The predicted octanol–water partition coefficient (Wildman–Crippen LogP) is 1.09. The highest BCUT2D eigenvalue weighted by Gasteiger charge is 2.41. The Kier molecular flexibility index (Phi) is 4.77. The number of nitrogens with one attached hydrogen (secondary N) is 1. The summed E-state index contributed by atoms with van der Waals surface area (Å²) in [5, 5.41) is 12.7. The quantitative estimate of drug-likeness (QED) is 0.693. The normalized spacial score (nSPS) is 26.0. The lowest BCUT2D eigenvalue weighted by molar-refractivity contribution is 0.0380. The van der Waals surface area contributed by atoms with Gasteiger partial charge in [-0.1, -0.05) is 20.8 Å². The van der Waals surface area contributed by atoms with Crippen LogP contribution in [-0.2, 0) is 0 Å². The Hall–Kier alpha value is -0.810. The number of rotatable bonds is 3. The van der Waals surface area contributed by atoms with Gasteiger partial charge in [-0.25, -0.2) is 4.79 Å². The molecule has 1 heterocycles. The molecule has 17 heavy (non-hydrogen) atoms. The predicted molar refractivity (Wildman–Crippen MR) is 68.1 cm³/mol. The van der Waals surface area contributed by atoms with E-state index in [1.807, 2.05) is 0 Å². The first-order valence-electron chi connectivity index (χ1n) is 6.31. The van der Waals surface area contributed by atoms with Crippen LogP contribution in [0.1, 0.15) is 33.6 Å². The molecule has 2 atom stereocenters. The number of piperidine rings is 1. The maximum absolute atomic E-state index is 11.3. The lowest BCUT2D eigenvalue weighted by atomic mass is 9.77. The molecule has 1 saturated heterocycles. The molecule has 5 heteroatoms. The molecule has 1 rings (SSSR count). The summed E-state index contributed by atoms with van der Waals surface area (Å²) in [6.07, 6.45) is 1.12. The van der Waals surface area contributed by atoms with E-state index in [2.05, 4.69) is 26.1 Å². The monoisotopic (exact) mass is 243 g/mol. The van der Waals surface area contributed by atoms with Crippen molar-refractivity contribution in [2.24, 2.45) is 11.1 Å². The second-order valence-electron chi connectivity index (χ2n) is 5.78. The van der Waals surface area contributed by atoms with Gasteiger partial charge in [0, 0.05) is 25.7 Å². The van der Waals surface area contributed by atoms with Crippen LogP contribution in [-0.4, -0.2) is 47.8 Å². The summed E-state index contributed by atoms with van der Waals surface area (Å²) in [6, 6.07) is 0.226. The first kappa shape index (κ1) is 14.3. The van der Waals surface area contributed by atoms with Gasteiger partial charge in [0.1, 0.15) is 0 Å². The second kappa shape index (κ2) is 5.69. The van der Waals surface area contributed by atoms with Crippen molar-refractivity contribution in [2.75, 3.05) is 19.6 Å². The van der Waals surface area contributed by atoms with Crippen LogP contribution in [0.4, 0.5) is 4.79 Å². The van der Waals surface area contributed by atoms with Crippen LogP contribution >= 0.6 is 0 Å². The molecule has 1 fully saturated rings. The van der Waals surface area contributed by atoms with Gasteiger partial charge in [-0.15, -0.1) is 0 Å². The topological polar surface area (TPSA) is 78.6 Å². The summed E-state index contributed by atoms with van der Waals surface area (Å²) in [5.41, 5.74) is 5.44. The highest BCUT2D eigenvalue weighted by molar-refractivity contribution is 5.66. The summed E-state index contributed by atoms with van der Waals surface area (Å²) >= 11 is 0. The lowest BCUT2D eigenvalue weighted by Gasteiger charge is -2.47. The molecule has 0 aliphatic carbocycles. The van der Waals surface area contributed by atoms with Crippen molar-refractivity contribution in [3.8, 4) is 0 Å². The van der Waals surface area contributed by atoms with E-state index in [0.717, 1.165) is 19.4 Å². The van der Waals surface area contributed by atoms with Crippen LogP contribution in [0.3, 0.4) is 0 Å². The first-order chi connectivity index (χ1) is 7.88. The average molecular weight is 243 g/mol. The minimum Gasteiger partial charge on any atom is -0.465 e. The van der Waals surface area contributed by atoms with Gasteiger partial charge < -0.3 is 21.1 Å². The number of carbonyl (C=O) groups is 1. The minimum absolute atomic E-state index is 0.0142. The Labute approximate surface area is 103 Å². The fraction of sp³-hybridized carbons (Fsp3) is 0.917. The Balaban J connectivity index is 2.83. The second-order valence-corrected chi connectivity index (χ2v) is 5.78. The summed E-state index contributed by atoms with van der Waals surface area (Å²) < 4.78 is 0. The van der Waals surface area contributed by atoms with Crippen LogP contribution in [0, 0.1) is 5.41 Å². The van der Waals surface area contributed by atoms with Crippen molar-refractivity contribution >= 4 is 6.09 Å². The summed E-state index contributed by atoms with van der Waals surface area (Å²) in [4.78, 5) is 12.9. The van der Waals surface area contributed by atoms with Crippen molar-refractivity contribution in [1.29, 1.82) is 0 Å². The average Bonchev–Trinajstić information content (AvgIpc) is 2.24. The zero-order valence-corrected chi connectivity index (χ0v) is 11.1. The molecule has 0 aromatic rings. The summed E-state index contributed by atoms with van der Waals surface area (Å²) in [7, 11) is 0. The van der Waals surface area contributed by atoms with Crippen molar-refractivity contribution < 1.29 is 9.90 Å². The third-order valence-electron chi connectivity index (χ3n) is 3.31. The zero-order chi connectivity index (χ0) is 13.1. The van der Waals surface area contributed by atoms with Crippen molar-refractivity contribution in [3.63, 3.8) is 0 Å². The largest absolute Gasteiger partial charge is 0.465 e. The molecule has 1 aliphatic rings. The van der Waals surface area contributed by atoms with Crippen LogP contribution in [0.25, 0.3) is 0 Å². The standard InChI is InChI=1S/C12H25N3O2/c1-12(2,3)10-9(14-7-6-13)5-4-8-15(10)11(16)17/h9-10,14H,4-8,13H2,1-3H3,(H,16,17). The number of hydrogen-bond acceptors (Lipinski definition) is 3. The zero-order valence-electron chi connectivity index (χ0n) is 11.1. The van der Waals surface area contributed by atoms with Crippen LogP contribution in [0.15, 0.2) is 0 Å². The van der Waals surface area contributed by atoms with Gasteiger partial charge in [-0.3, -0.25) is 0 Å². The summed E-state index contributed by atoms with van der Waals surface area (Å²) in [6.45, 7) is 8.24. The molecule has 1 aliphatic heterocycles. The van der Waals surface area contributed by atoms with E-state index in [-0.39, 0.29) is 17.5 Å². The van der Waals surface area contributed by atoms with Crippen molar-refractivity contribution in [1.82, 2.24) is 10.2 Å². The Morgan fingerprint density at radius 2 is 2.18 bits per heavy atom. The van der Waals surface area contributed by atoms with E-state index < -0.39 is 6.09 Å². The van der Waals surface area contributed by atoms with Gasteiger partial charge >= 0.3 is 6.09 Å². The Morgan fingerprint density at radius 3 is 2.65 bits per heavy atom. The number of amides is 1. The maximum atomic E-state index is 11.3. The highest BCUT2D eigenvalue weighted by atomic mass is 16.4. The molecule has 100 valence electrons. The number of nitrogens with two attached hydrogens (primary N) is 1. The van der Waals surface area contributed by atoms with Crippen molar-refractivity contribution in [3.05, 3.63) is 0 Å². The molecule has 0 aromatic carbocycles. The third kappa shape index (κ3) is 3.57. The molecule has 0 aromatic heterocycles. The van der Waals surface area contributed by atoms with E-state index in [1.165, 1.54) is 0 Å². The van der Waals surface area contributed by atoms with Gasteiger partial charge in [-0.05, 0) is 18.3 Å². The molecule has 4 N–H and O–H groups in total.